The molecule has 0 aromatic carbocycles. The summed E-state index contributed by atoms with van der Waals surface area (Å²) in [7, 11) is 0. The van der Waals surface area contributed by atoms with Crippen LogP contribution in [-0.4, -0.2) is 40.4 Å². The van der Waals surface area contributed by atoms with Crippen LogP contribution in [0.15, 0.2) is 0 Å². The molecule has 4 nitrogen and oxygen atoms in total. The van der Waals surface area contributed by atoms with E-state index in [0.29, 0.717) is 25.9 Å². The first-order valence-electron chi connectivity index (χ1n) is 5.36. The molecule has 1 aliphatic rings. The first-order chi connectivity index (χ1) is 6.83. The maximum Gasteiger partial charge on any atom is 0.226 e. The lowest BCUT2D eigenvalue weighted by atomic mass is 9.83. The lowest BCUT2D eigenvalue weighted by Crippen LogP contribution is -2.47. The number of Topliss-reactive ketones (excluding diaryl/α,β-unsaturated/α-hetero) is 1. The van der Waals surface area contributed by atoms with Crippen LogP contribution in [-0.2, 0) is 9.59 Å². The van der Waals surface area contributed by atoms with Crippen LogP contribution in [0.2, 0.25) is 0 Å². The molecule has 1 rings (SSSR count). The van der Waals surface area contributed by atoms with Crippen LogP contribution < -0.4 is 0 Å². The number of likely N-dealkylation sites (N-methyl/N-ethyl adjacent to an activating group) is 1. The van der Waals surface area contributed by atoms with E-state index < -0.39 is 5.60 Å². The number of carbonyl (C=O) groups is 2. The molecule has 1 amide bonds. The zero-order valence-corrected chi connectivity index (χ0v) is 9.62. The number of amides is 1. The van der Waals surface area contributed by atoms with Crippen molar-refractivity contribution in [1.29, 1.82) is 0 Å². The van der Waals surface area contributed by atoms with E-state index in [9.17, 15) is 14.7 Å². The number of rotatable bonds is 4. The summed E-state index contributed by atoms with van der Waals surface area (Å²) >= 11 is 0. The summed E-state index contributed by atoms with van der Waals surface area (Å²) in [5.74, 6) is 0.0201. The monoisotopic (exact) mass is 213 g/mol. The summed E-state index contributed by atoms with van der Waals surface area (Å²) in [4.78, 5) is 24.3. The van der Waals surface area contributed by atoms with Crippen molar-refractivity contribution in [3.8, 4) is 0 Å². The number of hydrogen-bond donors (Lipinski definition) is 1. The van der Waals surface area contributed by atoms with Gasteiger partial charge in [-0.1, -0.05) is 0 Å². The molecule has 0 atom stereocenters. The van der Waals surface area contributed by atoms with Crippen LogP contribution in [0.4, 0.5) is 0 Å². The molecule has 1 fully saturated rings. The maximum absolute atomic E-state index is 11.8. The van der Waals surface area contributed by atoms with E-state index >= 15 is 0 Å². The van der Waals surface area contributed by atoms with Gasteiger partial charge in [0.25, 0.3) is 0 Å². The predicted octanol–water partition coefficient (Wildman–Crippen LogP) is 0.585. The fourth-order valence-corrected chi connectivity index (χ4v) is 1.74. The highest BCUT2D eigenvalue weighted by Crippen LogP contribution is 2.25. The fraction of sp³-hybridized carbons (Fsp3) is 0.818. The van der Waals surface area contributed by atoms with E-state index in [1.165, 1.54) is 0 Å². The van der Waals surface area contributed by atoms with Crippen molar-refractivity contribution >= 4 is 11.7 Å². The molecule has 1 saturated carbocycles. The van der Waals surface area contributed by atoms with Crippen LogP contribution in [0.3, 0.4) is 0 Å². The zero-order chi connectivity index (χ0) is 11.6. The van der Waals surface area contributed by atoms with Gasteiger partial charge in [0.2, 0.25) is 5.91 Å². The van der Waals surface area contributed by atoms with Gasteiger partial charge in [0.15, 0.2) is 0 Å². The Labute approximate surface area is 90.3 Å². The molecule has 0 aliphatic heterocycles. The normalized spacial score (nSPS) is 17.5. The Bertz CT molecular complexity index is 259. The second kappa shape index (κ2) is 4.31. The Morgan fingerprint density at radius 3 is 2.40 bits per heavy atom. The van der Waals surface area contributed by atoms with E-state index in [1.807, 2.05) is 6.92 Å². The summed E-state index contributed by atoms with van der Waals surface area (Å²) in [6.45, 7) is 6.13. The van der Waals surface area contributed by atoms with Crippen molar-refractivity contribution in [1.82, 2.24) is 4.90 Å². The SMILES string of the molecule is CCN(CC(C)(C)O)C(=O)C1CC(=O)C1. The van der Waals surface area contributed by atoms with E-state index in [0.717, 1.165) is 0 Å². The van der Waals surface area contributed by atoms with Crippen LogP contribution in [0, 0.1) is 5.92 Å². The number of hydrogen-bond acceptors (Lipinski definition) is 3. The summed E-state index contributed by atoms with van der Waals surface area (Å²) in [5.41, 5.74) is -0.876. The molecule has 1 aliphatic carbocycles. The van der Waals surface area contributed by atoms with Gasteiger partial charge in [-0.3, -0.25) is 9.59 Å². The minimum atomic E-state index is -0.876. The zero-order valence-electron chi connectivity index (χ0n) is 9.62. The Kier molecular flexibility index (Phi) is 3.50. The van der Waals surface area contributed by atoms with Crippen molar-refractivity contribution in [2.75, 3.05) is 13.1 Å². The average Bonchev–Trinajstić information content (AvgIpc) is 2.06. The molecule has 0 aromatic heterocycles. The van der Waals surface area contributed by atoms with Gasteiger partial charge in [-0.05, 0) is 20.8 Å². The fourth-order valence-electron chi connectivity index (χ4n) is 1.74. The van der Waals surface area contributed by atoms with Gasteiger partial charge in [0.1, 0.15) is 5.78 Å². The predicted molar refractivity (Wildman–Crippen MR) is 56.3 cm³/mol. The Hall–Kier alpha value is -0.900. The Morgan fingerprint density at radius 2 is 2.07 bits per heavy atom. The first-order valence-corrected chi connectivity index (χ1v) is 5.36. The van der Waals surface area contributed by atoms with Gasteiger partial charge < -0.3 is 10.0 Å². The topological polar surface area (TPSA) is 57.6 Å². The second-order valence-electron chi connectivity index (χ2n) is 4.81. The number of carbonyl (C=O) groups excluding carboxylic acids is 2. The van der Waals surface area contributed by atoms with Gasteiger partial charge in [0, 0.05) is 25.9 Å². The molecule has 0 saturated heterocycles. The van der Waals surface area contributed by atoms with Gasteiger partial charge in [-0.15, -0.1) is 0 Å². The smallest absolute Gasteiger partial charge is 0.226 e. The molecule has 0 heterocycles. The van der Waals surface area contributed by atoms with Crippen molar-refractivity contribution in [2.45, 2.75) is 39.2 Å². The third-order valence-corrected chi connectivity index (χ3v) is 2.57. The minimum absolute atomic E-state index is 0.000718. The van der Waals surface area contributed by atoms with Crippen LogP contribution in [0.5, 0.6) is 0 Å². The summed E-state index contributed by atoms with van der Waals surface area (Å²) in [6.07, 6.45) is 0.752. The van der Waals surface area contributed by atoms with Crippen LogP contribution in [0.1, 0.15) is 33.6 Å². The summed E-state index contributed by atoms with van der Waals surface area (Å²) in [5, 5.41) is 9.63. The number of ketones is 1. The molecule has 0 spiro atoms. The largest absolute Gasteiger partial charge is 0.389 e. The summed E-state index contributed by atoms with van der Waals surface area (Å²) in [6, 6.07) is 0. The minimum Gasteiger partial charge on any atom is -0.389 e. The van der Waals surface area contributed by atoms with E-state index in [-0.39, 0.29) is 17.6 Å². The lowest BCUT2D eigenvalue weighted by molar-refractivity contribution is -0.146. The third kappa shape index (κ3) is 3.30. The molecule has 0 radical (unpaired) electrons. The molecule has 86 valence electrons. The van der Waals surface area contributed by atoms with Crippen molar-refractivity contribution in [2.24, 2.45) is 5.92 Å². The third-order valence-electron chi connectivity index (χ3n) is 2.57. The van der Waals surface area contributed by atoms with Gasteiger partial charge >= 0.3 is 0 Å². The molecular weight excluding hydrogens is 194 g/mol. The van der Waals surface area contributed by atoms with E-state index in [4.69, 9.17) is 0 Å². The van der Waals surface area contributed by atoms with Gasteiger partial charge in [-0.2, -0.15) is 0 Å². The molecular formula is C11H19NO3. The molecule has 4 heteroatoms. The Morgan fingerprint density at radius 1 is 1.53 bits per heavy atom. The number of nitrogens with zero attached hydrogens (tertiary/aromatic N) is 1. The van der Waals surface area contributed by atoms with Gasteiger partial charge in [-0.25, -0.2) is 0 Å². The molecule has 0 unspecified atom stereocenters. The summed E-state index contributed by atoms with van der Waals surface area (Å²) < 4.78 is 0. The quantitative estimate of drug-likeness (QED) is 0.743. The van der Waals surface area contributed by atoms with Crippen molar-refractivity contribution in [3.05, 3.63) is 0 Å². The van der Waals surface area contributed by atoms with E-state index in [1.54, 1.807) is 18.7 Å². The molecule has 1 N–H and O–H groups in total. The van der Waals surface area contributed by atoms with Crippen LogP contribution in [0.25, 0.3) is 0 Å². The first kappa shape index (κ1) is 12.2. The molecule has 0 bridgehead atoms. The highest BCUT2D eigenvalue weighted by Gasteiger charge is 2.36. The van der Waals surface area contributed by atoms with Gasteiger partial charge in [0.05, 0.1) is 11.5 Å². The maximum atomic E-state index is 11.8. The van der Waals surface area contributed by atoms with Crippen molar-refractivity contribution < 1.29 is 14.7 Å². The lowest BCUT2D eigenvalue weighted by Gasteiger charge is -2.33. The van der Waals surface area contributed by atoms with E-state index in [2.05, 4.69) is 0 Å². The Balaban J connectivity index is 2.51. The van der Waals surface area contributed by atoms with Crippen molar-refractivity contribution in [3.63, 3.8) is 0 Å². The second-order valence-corrected chi connectivity index (χ2v) is 4.81. The number of aliphatic hydroxyl groups is 1. The highest BCUT2D eigenvalue weighted by atomic mass is 16.3. The highest BCUT2D eigenvalue weighted by molar-refractivity contribution is 5.96. The molecule has 15 heavy (non-hydrogen) atoms. The average molecular weight is 213 g/mol. The molecule has 0 aromatic rings. The standard InChI is InChI=1S/C11H19NO3/c1-4-12(7-11(2,3)15)10(14)8-5-9(13)6-8/h8,15H,4-7H2,1-3H3. The van der Waals surface area contributed by atoms with Crippen LogP contribution >= 0.6 is 0 Å².